The fourth-order valence-electron chi connectivity index (χ4n) is 2.66. The standard InChI is InChI=1S/C18H28N4O/c1-14(2)11-20-18(19)21-12-15-3-5-17(6-4-15)22-9-7-16(13-23)8-10-22/h3-6,16,23H,1,7-13H2,2H3,(H3,19,20,21). The van der Waals surface area contributed by atoms with Gasteiger partial charge in [0.1, 0.15) is 0 Å². The smallest absolute Gasteiger partial charge is 0.189 e. The van der Waals surface area contributed by atoms with Crippen molar-refractivity contribution in [3.05, 3.63) is 42.0 Å². The summed E-state index contributed by atoms with van der Waals surface area (Å²) in [4.78, 5) is 6.71. The summed E-state index contributed by atoms with van der Waals surface area (Å²) in [6.07, 6.45) is 2.13. The van der Waals surface area contributed by atoms with Crippen molar-refractivity contribution in [2.24, 2.45) is 16.6 Å². The molecule has 1 aromatic carbocycles. The highest BCUT2D eigenvalue weighted by atomic mass is 16.3. The molecule has 0 saturated carbocycles. The first-order valence-electron chi connectivity index (χ1n) is 8.21. The number of hydrogen-bond donors (Lipinski definition) is 3. The van der Waals surface area contributed by atoms with E-state index in [1.54, 1.807) is 0 Å². The zero-order chi connectivity index (χ0) is 16.7. The summed E-state index contributed by atoms with van der Waals surface area (Å²) in [6.45, 7) is 9.33. The average Bonchev–Trinajstić information content (AvgIpc) is 2.58. The minimum atomic E-state index is 0.311. The van der Waals surface area contributed by atoms with Gasteiger partial charge < -0.3 is 21.1 Å². The average molecular weight is 316 g/mol. The van der Waals surface area contributed by atoms with Crippen LogP contribution in [0.15, 0.2) is 41.4 Å². The van der Waals surface area contributed by atoms with E-state index in [0.29, 0.717) is 31.6 Å². The van der Waals surface area contributed by atoms with Crippen LogP contribution >= 0.6 is 0 Å². The quantitative estimate of drug-likeness (QED) is 0.425. The third-order valence-corrected chi connectivity index (χ3v) is 4.18. The van der Waals surface area contributed by atoms with E-state index in [2.05, 4.69) is 46.1 Å². The molecule has 0 radical (unpaired) electrons. The van der Waals surface area contributed by atoms with Crippen molar-refractivity contribution in [1.29, 1.82) is 0 Å². The lowest BCUT2D eigenvalue weighted by Gasteiger charge is -2.32. The molecule has 4 N–H and O–H groups in total. The van der Waals surface area contributed by atoms with Crippen LogP contribution in [0, 0.1) is 5.92 Å². The first-order chi connectivity index (χ1) is 11.1. The fourth-order valence-corrected chi connectivity index (χ4v) is 2.66. The van der Waals surface area contributed by atoms with Gasteiger partial charge in [-0.15, -0.1) is 0 Å². The van der Waals surface area contributed by atoms with Gasteiger partial charge in [-0.1, -0.05) is 24.3 Å². The Labute approximate surface area is 138 Å². The van der Waals surface area contributed by atoms with Gasteiger partial charge in [0.05, 0.1) is 6.54 Å². The maximum absolute atomic E-state index is 9.21. The van der Waals surface area contributed by atoms with E-state index in [0.717, 1.165) is 37.1 Å². The van der Waals surface area contributed by atoms with E-state index >= 15 is 0 Å². The zero-order valence-electron chi connectivity index (χ0n) is 14.0. The number of aliphatic imine (C=N–C) groups is 1. The van der Waals surface area contributed by atoms with Crippen LogP contribution in [0.5, 0.6) is 0 Å². The van der Waals surface area contributed by atoms with Crippen LogP contribution in [0.2, 0.25) is 0 Å². The minimum Gasteiger partial charge on any atom is -0.396 e. The molecule has 23 heavy (non-hydrogen) atoms. The highest BCUT2D eigenvalue weighted by Crippen LogP contribution is 2.23. The van der Waals surface area contributed by atoms with Gasteiger partial charge in [0.15, 0.2) is 5.96 Å². The van der Waals surface area contributed by atoms with Crippen LogP contribution in [-0.2, 0) is 6.54 Å². The number of nitrogens with zero attached hydrogens (tertiary/aromatic N) is 2. The van der Waals surface area contributed by atoms with Crippen LogP contribution in [0.25, 0.3) is 0 Å². The summed E-state index contributed by atoms with van der Waals surface area (Å²) in [5.74, 6) is 0.915. The minimum absolute atomic E-state index is 0.311. The topological polar surface area (TPSA) is 73.9 Å². The Balaban J connectivity index is 1.85. The van der Waals surface area contributed by atoms with E-state index in [4.69, 9.17) is 5.73 Å². The molecule has 126 valence electrons. The number of nitrogens with one attached hydrogen (secondary N) is 1. The molecule has 1 saturated heterocycles. The number of anilines is 1. The second-order valence-corrected chi connectivity index (χ2v) is 6.29. The molecule has 0 aromatic heterocycles. The van der Waals surface area contributed by atoms with E-state index in [-0.39, 0.29) is 0 Å². The van der Waals surface area contributed by atoms with Gasteiger partial charge in [-0.05, 0) is 43.4 Å². The van der Waals surface area contributed by atoms with Gasteiger partial charge in [0.25, 0.3) is 0 Å². The monoisotopic (exact) mass is 316 g/mol. The van der Waals surface area contributed by atoms with Gasteiger partial charge in [0, 0.05) is 31.9 Å². The SMILES string of the molecule is C=C(C)CNC(N)=NCc1ccc(N2CCC(CO)CC2)cc1. The molecular weight excluding hydrogens is 288 g/mol. The lowest BCUT2D eigenvalue weighted by Crippen LogP contribution is -2.34. The van der Waals surface area contributed by atoms with Crippen molar-refractivity contribution in [3.63, 3.8) is 0 Å². The van der Waals surface area contributed by atoms with Crippen LogP contribution in [0.4, 0.5) is 5.69 Å². The van der Waals surface area contributed by atoms with E-state index in [1.165, 1.54) is 5.69 Å². The molecule has 0 bridgehead atoms. The lowest BCUT2D eigenvalue weighted by atomic mass is 9.97. The van der Waals surface area contributed by atoms with E-state index in [1.807, 2.05) is 6.92 Å². The van der Waals surface area contributed by atoms with Crippen molar-refractivity contribution < 1.29 is 5.11 Å². The highest BCUT2D eigenvalue weighted by Gasteiger charge is 2.18. The van der Waals surface area contributed by atoms with Crippen LogP contribution in [0.3, 0.4) is 0 Å². The molecule has 1 heterocycles. The Kier molecular flexibility index (Phi) is 6.47. The molecule has 0 unspecified atom stereocenters. The number of aliphatic hydroxyl groups excluding tert-OH is 1. The molecule has 0 amide bonds. The second kappa shape index (κ2) is 8.58. The van der Waals surface area contributed by atoms with Gasteiger partial charge in [-0.2, -0.15) is 0 Å². The molecule has 5 heteroatoms. The number of nitrogens with two attached hydrogens (primary N) is 1. The molecular formula is C18H28N4O. The fraction of sp³-hybridized carbons (Fsp3) is 0.500. The van der Waals surface area contributed by atoms with Gasteiger partial charge in [-0.25, -0.2) is 4.99 Å². The second-order valence-electron chi connectivity index (χ2n) is 6.29. The predicted molar refractivity (Wildman–Crippen MR) is 96.6 cm³/mol. The summed E-state index contributed by atoms with van der Waals surface area (Å²) in [7, 11) is 0. The van der Waals surface area contributed by atoms with Crippen LogP contribution in [-0.4, -0.2) is 37.3 Å². The maximum atomic E-state index is 9.21. The Morgan fingerprint density at radius 3 is 2.57 bits per heavy atom. The molecule has 1 aliphatic rings. The summed E-state index contributed by atoms with van der Waals surface area (Å²) in [5.41, 5.74) is 9.21. The first-order valence-corrected chi connectivity index (χ1v) is 8.21. The Morgan fingerprint density at radius 2 is 2.00 bits per heavy atom. The molecule has 1 aromatic rings. The Morgan fingerprint density at radius 1 is 1.35 bits per heavy atom. The number of guanidine groups is 1. The number of piperidine rings is 1. The summed E-state index contributed by atoms with van der Waals surface area (Å²) >= 11 is 0. The molecule has 1 fully saturated rings. The van der Waals surface area contributed by atoms with Crippen molar-refractivity contribution in [2.75, 3.05) is 31.1 Å². The van der Waals surface area contributed by atoms with Crippen LogP contribution in [0.1, 0.15) is 25.3 Å². The van der Waals surface area contributed by atoms with Crippen molar-refractivity contribution in [1.82, 2.24) is 5.32 Å². The lowest BCUT2D eigenvalue weighted by molar-refractivity contribution is 0.203. The third-order valence-electron chi connectivity index (χ3n) is 4.18. The van der Waals surface area contributed by atoms with Gasteiger partial charge in [-0.3, -0.25) is 0 Å². The van der Waals surface area contributed by atoms with E-state index < -0.39 is 0 Å². The predicted octanol–water partition coefficient (Wildman–Crippen LogP) is 1.88. The molecule has 0 spiro atoms. The van der Waals surface area contributed by atoms with Gasteiger partial charge >= 0.3 is 0 Å². The normalized spacial score (nSPS) is 16.4. The summed E-state index contributed by atoms with van der Waals surface area (Å²) in [5, 5.41) is 12.2. The number of benzene rings is 1. The number of hydrogen-bond acceptors (Lipinski definition) is 3. The molecule has 1 aliphatic heterocycles. The summed E-state index contributed by atoms with van der Waals surface area (Å²) in [6, 6.07) is 8.48. The van der Waals surface area contributed by atoms with E-state index in [9.17, 15) is 5.11 Å². The number of aliphatic hydroxyl groups is 1. The molecule has 0 aliphatic carbocycles. The molecule has 0 atom stereocenters. The van der Waals surface area contributed by atoms with Gasteiger partial charge in [0.2, 0.25) is 0 Å². The largest absolute Gasteiger partial charge is 0.396 e. The highest BCUT2D eigenvalue weighted by molar-refractivity contribution is 5.78. The maximum Gasteiger partial charge on any atom is 0.189 e. The van der Waals surface area contributed by atoms with Crippen molar-refractivity contribution >= 4 is 11.6 Å². The Bertz CT molecular complexity index is 530. The molecule has 5 nitrogen and oxygen atoms in total. The third kappa shape index (κ3) is 5.60. The first kappa shape index (κ1) is 17.3. The molecule has 2 rings (SSSR count). The summed E-state index contributed by atoms with van der Waals surface area (Å²) < 4.78 is 0. The number of rotatable bonds is 6. The van der Waals surface area contributed by atoms with Crippen molar-refractivity contribution in [2.45, 2.75) is 26.3 Å². The zero-order valence-corrected chi connectivity index (χ0v) is 14.0. The Hall–Kier alpha value is -2.01. The van der Waals surface area contributed by atoms with Crippen molar-refractivity contribution in [3.8, 4) is 0 Å². The van der Waals surface area contributed by atoms with Crippen LogP contribution < -0.4 is 16.0 Å².